The van der Waals surface area contributed by atoms with Crippen LogP contribution in [0.2, 0.25) is 0 Å². The van der Waals surface area contributed by atoms with Gasteiger partial charge in [-0.2, -0.15) is 0 Å². The molecule has 1 amide bonds. The molecule has 150 valence electrons. The molecule has 1 atom stereocenters. The fourth-order valence-electron chi connectivity index (χ4n) is 3.41. The summed E-state index contributed by atoms with van der Waals surface area (Å²) in [6, 6.07) is 12.8. The van der Waals surface area contributed by atoms with E-state index < -0.39 is 5.97 Å². The molecule has 7 nitrogen and oxygen atoms in total. The molecule has 0 spiro atoms. The molecule has 0 saturated carbocycles. The highest BCUT2D eigenvalue weighted by molar-refractivity contribution is 6.04. The minimum atomic E-state index is -0.524. The van der Waals surface area contributed by atoms with Gasteiger partial charge in [0.2, 0.25) is 0 Å². The largest absolute Gasteiger partial charge is 0.486 e. The minimum Gasteiger partial charge on any atom is -0.486 e. The number of hydrogen-bond donors (Lipinski definition) is 1. The maximum Gasteiger partial charge on any atom is 0.340 e. The Morgan fingerprint density at radius 3 is 2.72 bits per heavy atom. The van der Waals surface area contributed by atoms with Crippen molar-refractivity contribution >= 4 is 22.8 Å². The predicted octanol–water partition coefficient (Wildman–Crippen LogP) is 2.98. The number of benzene rings is 2. The third-order valence-electron chi connectivity index (χ3n) is 4.89. The second-order valence-corrected chi connectivity index (χ2v) is 6.94. The number of para-hydroxylation sites is 1. The molecule has 0 fully saturated rings. The number of aromatic nitrogens is 1. The van der Waals surface area contributed by atoms with Crippen LogP contribution >= 0.6 is 0 Å². The first-order chi connectivity index (χ1) is 14.0. The lowest BCUT2D eigenvalue weighted by Crippen LogP contribution is -2.31. The van der Waals surface area contributed by atoms with E-state index in [0.717, 1.165) is 16.5 Å². The number of hydrogen-bond acceptors (Lipinski definition) is 5. The van der Waals surface area contributed by atoms with Gasteiger partial charge in [0.1, 0.15) is 13.2 Å². The number of esters is 1. The molecule has 0 unspecified atom stereocenters. The number of ether oxygens (including phenoxy) is 3. The molecular formula is C22H22N2O5. The Bertz CT molecular complexity index is 1070. The normalized spacial score (nSPS) is 13.7. The van der Waals surface area contributed by atoms with Crippen LogP contribution in [0, 0.1) is 0 Å². The molecule has 29 heavy (non-hydrogen) atoms. The van der Waals surface area contributed by atoms with Gasteiger partial charge in [-0.3, -0.25) is 4.79 Å². The van der Waals surface area contributed by atoms with E-state index >= 15 is 0 Å². The van der Waals surface area contributed by atoms with Gasteiger partial charge in [0.25, 0.3) is 5.91 Å². The average Bonchev–Trinajstić information content (AvgIpc) is 3.08. The van der Waals surface area contributed by atoms with E-state index in [1.807, 2.05) is 61.0 Å². The Kier molecular flexibility index (Phi) is 5.12. The van der Waals surface area contributed by atoms with Crippen molar-refractivity contribution in [2.45, 2.75) is 13.0 Å². The topological polar surface area (TPSA) is 78.8 Å². The molecule has 2 aromatic carbocycles. The molecular weight excluding hydrogens is 372 g/mol. The fourth-order valence-corrected chi connectivity index (χ4v) is 3.41. The summed E-state index contributed by atoms with van der Waals surface area (Å²) in [5.74, 6) is 0.463. The van der Waals surface area contributed by atoms with Gasteiger partial charge in [-0.15, -0.1) is 0 Å². The van der Waals surface area contributed by atoms with E-state index in [1.165, 1.54) is 0 Å². The number of carbonyl (C=O) groups is 2. The zero-order valence-electron chi connectivity index (χ0n) is 16.3. The quantitative estimate of drug-likeness (QED) is 0.673. The van der Waals surface area contributed by atoms with Gasteiger partial charge in [0.05, 0.1) is 11.6 Å². The van der Waals surface area contributed by atoms with Gasteiger partial charge in [0.15, 0.2) is 18.1 Å². The van der Waals surface area contributed by atoms with Gasteiger partial charge < -0.3 is 24.1 Å². The van der Waals surface area contributed by atoms with E-state index in [2.05, 4.69) is 5.32 Å². The number of fused-ring (bicyclic) bond motifs is 2. The molecule has 0 aliphatic carbocycles. The summed E-state index contributed by atoms with van der Waals surface area (Å²) in [7, 11) is 1.86. The van der Waals surface area contributed by atoms with Crippen LogP contribution in [-0.4, -0.2) is 36.3 Å². The first-order valence-electron chi connectivity index (χ1n) is 9.43. The van der Waals surface area contributed by atoms with Crippen molar-refractivity contribution in [3.8, 4) is 11.5 Å². The van der Waals surface area contributed by atoms with Crippen molar-refractivity contribution in [3.63, 3.8) is 0 Å². The molecule has 0 radical (unpaired) electrons. The van der Waals surface area contributed by atoms with Crippen molar-refractivity contribution in [1.29, 1.82) is 0 Å². The molecule has 0 bridgehead atoms. The minimum absolute atomic E-state index is 0.269. The van der Waals surface area contributed by atoms with Crippen molar-refractivity contribution in [2.24, 2.45) is 7.05 Å². The molecule has 1 N–H and O–H groups in total. The Hall–Kier alpha value is -3.48. The monoisotopic (exact) mass is 394 g/mol. The Morgan fingerprint density at radius 1 is 1.14 bits per heavy atom. The molecule has 7 heteroatoms. The lowest BCUT2D eigenvalue weighted by atomic mass is 10.1. The lowest BCUT2D eigenvalue weighted by Gasteiger charge is -2.21. The van der Waals surface area contributed by atoms with Crippen LogP contribution in [-0.2, 0) is 16.6 Å². The second-order valence-electron chi connectivity index (χ2n) is 6.94. The lowest BCUT2D eigenvalue weighted by molar-refractivity contribution is -0.124. The predicted molar refractivity (Wildman–Crippen MR) is 107 cm³/mol. The van der Waals surface area contributed by atoms with Crippen molar-refractivity contribution in [1.82, 2.24) is 9.88 Å². The SMILES string of the molecule is C[C@@H](NC(=O)COC(=O)c1cn(C)c2ccccc12)c1ccc2c(c1)OCCO2. The van der Waals surface area contributed by atoms with E-state index in [0.29, 0.717) is 30.3 Å². The third kappa shape index (κ3) is 3.89. The number of carbonyl (C=O) groups excluding carboxylic acids is 2. The molecule has 2 heterocycles. The third-order valence-corrected chi connectivity index (χ3v) is 4.89. The molecule has 1 aliphatic rings. The maximum atomic E-state index is 12.4. The van der Waals surface area contributed by atoms with Gasteiger partial charge in [-0.25, -0.2) is 4.79 Å². The number of nitrogens with one attached hydrogen (secondary N) is 1. The Balaban J connectivity index is 1.36. The van der Waals surface area contributed by atoms with E-state index in [4.69, 9.17) is 14.2 Å². The summed E-state index contributed by atoms with van der Waals surface area (Å²) in [5, 5.41) is 3.63. The molecule has 3 aromatic rings. The van der Waals surface area contributed by atoms with E-state index in [9.17, 15) is 9.59 Å². The summed E-state index contributed by atoms with van der Waals surface area (Å²) in [5.41, 5.74) is 2.25. The summed E-state index contributed by atoms with van der Waals surface area (Å²) >= 11 is 0. The van der Waals surface area contributed by atoms with Crippen LogP contribution in [0.1, 0.15) is 28.9 Å². The summed E-state index contributed by atoms with van der Waals surface area (Å²) in [6.45, 7) is 2.54. The number of aryl methyl sites for hydroxylation is 1. The Labute approximate surface area is 168 Å². The smallest absolute Gasteiger partial charge is 0.340 e. The van der Waals surface area contributed by atoms with Crippen LogP contribution in [0.5, 0.6) is 11.5 Å². The van der Waals surface area contributed by atoms with Crippen molar-refractivity contribution < 1.29 is 23.8 Å². The first kappa shape index (κ1) is 18.9. The molecule has 1 aliphatic heterocycles. The van der Waals surface area contributed by atoms with Crippen molar-refractivity contribution in [2.75, 3.05) is 19.8 Å². The van der Waals surface area contributed by atoms with Gasteiger partial charge in [0, 0.05) is 24.1 Å². The first-order valence-corrected chi connectivity index (χ1v) is 9.43. The molecule has 1 aromatic heterocycles. The summed E-state index contributed by atoms with van der Waals surface area (Å²) in [6.07, 6.45) is 1.71. The van der Waals surface area contributed by atoms with E-state index in [-0.39, 0.29) is 18.6 Å². The highest BCUT2D eigenvalue weighted by Crippen LogP contribution is 2.32. The average molecular weight is 394 g/mol. The van der Waals surface area contributed by atoms with Crippen molar-refractivity contribution in [3.05, 3.63) is 59.8 Å². The van der Waals surface area contributed by atoms with Gasteiger partial charge in [-0.1, -0.05) is 24.3 Å². The summed E-state index contributed by atoms with van der Waals surface area (Å²) in [4.78, 5) is 24.7. The van der Waals surface area contributed by atoms with E-state index in [1.54, 1.807) is 6.20 Å². The fraction of sp³-hybridized carbons (Fsp3) is 0.273. The maximum absolute atomic E-state index is 12.4. The highest BCUT2D eigenvalue weighted by atomic mass is 16.6. The number of nitrogens with zero attached hydrogens (tertiary/aromatic N) is 1. The van der Waals surface area contributed by atoms with Gasteiger partial charge in [-0.05, 0) is 30.7 Å². The highest BCUT2D eigenvalue weighted by Gasteiger charge is 2.18. The summed E-state index contributed by atoms with van der Waals surface area (Å²) < 4.78 is 18.2. The van der Waals surface area contributed by atoms with Gasteiger partial charge >= 0.3 is 5.97 Å². The number of amides is 1. The standard InChI is InChI=1S/C22H22N2O5/c1-14(15-7-8-19-20(11-15)28-10-9-27-19)23-21(25)13-29-22(26)17-12-24(2)18-6-4-3-5-16(17)18/h3-8,11-12,14H,9-10,13H2,1-2H3,(H,23,25)/t14-/m1/s1. The molecule has 0 saturated heterocycles. The van der Waals surface area contributed by atoms with Crippen LogP contribution in [0.4, 0.5) is 0 Å². The second kappa shape index (κ2) is 7.87. The Morgan fingerprint density at radius 2 is 1.90 bits per heavy atom. The van der Waals surface area contributed by atoms with Crippen LogP contribution < -0.4 is 14.8 Å². The van der Waals surface area contributed by atoms with Crippen LogP contribution in [0.25, 0.3) is 10.9 Å². The van der Waals surface area contributed by atoms with Crippen LogP contribution in [0.15, 0.2) is 48.7 Å². The zero-order chi connectivity index (χ0) is 20.4. The zero-order valence-corrected chi connectivity index (χ0v) is 16.3. The van der Waals surface area contributed by atoms with Crippen LogP contribution in [0.3, 0.4) is 0 Å². The molecule has 4 rings (SSSR count). The number of rotatable bonds is 5.